The molecule has 0 unspecified atom stereocenters. The summed E-state index contributed by atoms with van der Waals surface area (Å²) in [4.78, 5) is 0. The number of ether oxygens (including phenoxy) is 2. The van der Waals surface area contributed by atoms with Gasteiger partial charge in [0.25, 0.3) is 0 Å². The summed E-state index contributed by atoms with van der Waals surface area (Å²) in [5.74, 6) is -1.64. The highest BCUT2D eigenvalue weighted by atomic mass is 19.4. The van der Waals surface area contributed by atoms with E-state index in [9.17, 15) is 22.0 Å². The van der Waals surface area contributed by atoms with Gasteiger partial charge in [-0.15, -0.1) is 13.2 Å². The van der Waals surface area contributed by atoms with Gasteiger partial charge in [-0.05, 0) is 6.07 Å². The van der Waals surface area contributed by atoms with E-state index in [4.69, 9.17) is 0 Å². The van der Waals surface area contributed by atoms with Gasteiger partial charge in [0.2, 0.25) is 0 Å². The van der Waals surface area contributed by atoms with Gasteiger partial charge >= 0.3 is 13.0 Å². The minimum Gasteiger partial charge on any atom is -0.431 e. The van der Waals surface area contributed by atoms with Crippen molar-refractivity contribution >= 4 is 0 Å². The average molecular weight is 227 g/mol. The van der Waals surface area contributed by atoms with E-state index in [-0.39, 0.29) is 0 Å². The molecule has 1 rings (SSSR count). The first-order chi connectivity index (χ1) is 6.88. The molecule has 0 bridgehead atoms. The van der Waals surface area contributed by atoms with Crippen LogP contribution in [0.3, 0.4) is 0 Å². The largest absolute Gasteiger partial charge is 0.573 e. The zero-order valence-corrected chi connectivity index (χ0v) is 7.02. The molecule has 2 nitrogen and oxygen atoms in total. The second-order valence-electron chi connectivity index (χ2n) is 2.29. The Labute approximate surface area is 81.2 Å². The summed E-state index contributed by atoms with van der Waals surface area (Å²) < 4.78 is 66.1. The van der Waals surface area contributed by atoms with Crippen molar-refractivity contribution in [3.63, 3.8) is 0 Å². The third-order valence-corrected chi connectivity index (χ3v) is 1.22. The Morgan fingerprint density at radius 2 is 1.93 bits per heavy atom. The van der Waals surface area contributed by atoms with E-state index in [0.717, 1.165) is 12.1 Å². The molecule has 0 spiro atoms. The molecular weight excluding hydrogens is 223 g/mol. The minimum atomic E-state index is -4.97. The smallest absolute Gasteiger partial charge is 0.431 e. The van der Waals surface area contributed by atoms with Crippen LogP contribution in [0.25, 0.3) is 0 Å². The van der Waals surface area contributed by atoms with Crippen LogP contribution in [-0.2, 0) is 0 Å². The highest BCUT2D eigenvalue weighted by molar-refractivity contribution is 5.38. The number of alkyl halides is 5. The third kappa shape index (κ3) is 4.01. The number of para-hydroxylation sites is 1. The van der Waals surface area contributed by atoms with E-state index in [1.165, 1.54) is 6.07 Å². The molecule has 83 valence electrons. The van der Waals surface area contributed by atoms with Crippen molar-refractivity contribution in [2.45, 2.75) is 13.0 Å². The van der Waals surface area contributed by atoms with Gasteiger partial charge in [0.05, 0.1) is 0 Å². The van der Waals surface area contributed by atoms with E-state index < -0.39 is 24.5 Å². The molecule has 7 heteroatoms. The zero-order valence-electron chi connectivity index (χ0n) is 7.02. The Balaban J connectivity index is 2.86. The highest BCUT2D eigenvalue weighted by Crippen LogP contribution is 2.32. The molecule has 1 radical (unpaired) electrons. The second kappa shape index (κ2) is 4.33. The lowest BCUT2D eigenvalue weighted by Gasteiger charge is -2.12. The van der Waals surface area contributed by atoms with Crippen LogP contribution in [0.1, 0.15) is 0 Å². The van der Waals surface area contributed by atoms with Gasteiger partial charge in [0.1, 0.15) is 0 Å². The normalized spacial score (nSPS) is 11.6. The molecule has 0 atom stereocenters. The van der Waals surface area contributed by atoms with Crippen molar-refractivity contribution in [1.29, 1.82) is 0 Å². The Hall–Kier alpha value is -1.53. The minimum absolute atomic E-state index is 0.718. The monoisotopic (exact) mass is 227 g/mol. The van der Waals surface area contributed by atoms with Crippen LogP contribution < -0.4 is 9.47 Å². The quantitative estimate of drug-likeness (QED) is 0.739. The molecule has 0 aliphatic heterocycles. The molecular formula is C8H4F5O2. The summed E-state index contributed by atoms with van der Waals surface area (Å²) in [5, 5.41) is 0. The van der Waals surface area contributed by atoms with Crippen molar-refractivity contribution in [2.75, 3.05) is 0 Å². The molecule has 1 aromatic carbocycles. The van der Waals surface area contributed by atoms with Crippen LogP contribution in [0.4, 0.5) is 22.0 Å². The van der Waals surface area contributed by atoms with Crippen molar-refractivity contribution in [3.05, 3.63) is 24.3 Å². The van der Waals surface area contributed by atoms with Gasteiger partial charge in [-0.1, -0.05) is 12.1 Å². The molecule has 0 saturated heterocycles. The number of hydrogen-bond acceptors (Lipinski definition) is 2. The molecule has 15 heavy (non-hydrogen) atoms. The van der Waals surface area contributed by atoms with E-state index in [2.05, 4.69) is 9.47 Å². The van der Waals surface area contributed by atoms with Crippen LogP contribution in [0, 0.1) is 6.07 Å². The van der Waals surface area contributed by atoms with Crippen molar-refractivity contribution in [3.8, 4) is 11.5 Å². The fraction of sp³-hybridized carbons (Fsp3) is 0.250. The standard InChI is InChI=1S/C8H4F5O2/c9-7(10)14-5-3-1-2-4-6(5)15-8(11,12)13/h1-3,7H. The van der Waals surface area contributed by atoms with E-state index >= 15 is 0 Å². The maximum Gasteiger partial charge on any atom is 0.573 e. The lowest BCUT2D eigenvalue weighted by Crippen LogP contribution is -2.18. The predicted octanol–water partition coefficient (Wildman–Crippen LogP) is 2.99. The van der Waals surface area contributed by atoms with Gasteiger partial charge in [0.15, 0.2) is 11.5 Å². The number of rotatable bonds is 3. The molecule has 0 aliphatic rings. The van der Waals surface area contributed by atoms with Crippen molar-refractivity contribution in [2.24, 2.45) is 0 Å². The van der Waals surface area contributed by atoms with Crippen LogP contribution >= 0.6 is 0 Å². The summed E-state index contributed by atoms with van der Waals surface area (Å²) in [5.41, 5.74) is 0. The van der Waals surface area contributed by atoms with Crippen LogP contribution in [0.15, 0.2) is 18.2 Å². The maximum atomic E-state index is 11.8. The van der Waals surface area contributed by atoms with Gasteiger partial charge in [-0.2, -0.15) is 8.78 Å². The maximum absolute atomic E-state index is 11.8. The summed E-state index contributed by atoms with van der Waals surface area (Å²) in [6.07, 6.45) is -4.97. The molecule has 0 saturated carbocycles. The molecule has 0 aromatic heterocycles. The summed E-state index contributed by atoms with van der Waals surface area (Å²) in [7, 11) is 0. The Kier molecular flexibility index (Phi) is 3.33. The fourth-order valence-electron chi connectivity index (χ4n) is 0.790. The molecule has 0 fully saturated rings. The lowest BCUT2D eigenvalue weighted by molar-refractivity contribution is -0.275. The highest BCUT2D eigenvalue weighted by Gasteiger charge is 2.32. The van der Waals surface area contributed by atoms with Crippen LogP contribution in [-0.4, -0.2) is 13.0 Å². The average Bonchev–Trinajstić information content (AvgIpc) is 2.05. The van der Waals surface area contributed by atoms with Gasteiger partial charge in [-0.3, -0.25) is 0 Å². The van der Waals surface area contributed by atoms with E-state index in [1.54, 1.807) is 0 Å². The SMILES string of the molecule is FC(F)Oc1ccc[c]c1OC(F)(F)F. The number of hydrogen-bond donors (Lipinski definition) is 0. The number of halogens is 5. The Morgan fingerprint density at radius 1 is 1.27 bits per heavy atom. The Bertz CT molecular complexity index is 323. The molecule has 1 aromatic rings. The topological polar surface area (TPSA) is 18.5 Å². The molecule has 0 aliphatic carbocycles. The van der Waals surface area contributed by atoms with Crippen molar-refractivity contribution < 1.29 is 31.4 Å². The molecule has 0 N–H and O–H groups in total. The van der Waals surface area contributed by atoms with Gasteiger partial charge in [-0.25, -0.2) is 0 Å². The van der Waals surface area contributed by atoms with Crippen LogP contribution in [0.2, 0.25) is 0 Å². The first-order valence-electron chi connectivity index (χ1n) is 3.60. The van der Waals surface area contributed by atoms with Gasteiger partial charge in [0, 0.05) is 6.07 Å². The summed E-state index contributed by atoms with van der Waals surface area (Å²) >= 11 is 0. The van der Waals surface area contributed by atoms with Crippen molar-refractivity contribution in [1.82, 2.24) is 0 Å². The third-order valence-electron chi connectivity index (χ3n) is 1.22. The first kappa shape index (κ1) is 11.5. The summed E-state index contributed by atoms with van der Waals surface area (Å²) in [6.45, 7) is -3.23. The second-order valence-corrected chi connectivity index (χ2v) is 2.29. The fourth-order valence-corrected chi connectivity index (χ4v) is 0.790. The molecule has 0 amide bonds. The predicted molar refractivity (Wildman–Crippen MR) is 38.6 cm³/mol. The van der Waals surface area contributed by atoms with E-state index in [0.29, 0.717) is 0 Å². The van der Waals surface area contributed by atoms with E-state index in [1.807, 2.05) is 6.07 Å². The van der Waals surface area contributed by atoms with Crippen LogP contribution in [0.5, 0.6) is 11.5 Å². The molecule has 0 heterocycles. The zero-order chi connectivity index (χ0) is 11.5. The lowest BCUT2D eigenvalue weighted by atomic mass is 10.3. The Morgan fingerprint density at radius 3 is 2.47 bits per heavy atom. The van der Waals surface area contributed by atoms with Gasteiger partial charge < -0.3 is 9.47 Å². The number of benzene rings is 1. The first-order valence-corrected chi connectivity index (χ1v) is 3.60. The summed E-state index contributed by atoms with van der Waals surface area (Å²) in [6, 6.07) is 5.20.